The molecule has 2 saturated heterocycles. The van der Waals surface area contributed by atoms with Gasteiger partial charge < -0.3 is 14.6 Å². The Hall–Kier alpha value is -1.60. The van der Waals surface area contributed by atoms with E-state index < -0.39 is 0 Å². The molecule has 0 saturated carbocycles. The van der Waals surface area contributed by atoms with Crippen LogP contribution in [0.25, 0.3) is 0 Å². The second-order valence-corrected chi connectivity index (χ2v) is 10.2. The largest absolute Gasteiger partial charge is 0.448 e. The van der Waals surface area contributed by atoms with Crippen LogP contribution in [-0.2, 0) is 17.7 Å². The van der Waals surface area contributed by atoms with Crippen LogP contribution in [0.2, 0.25) is 0 Å². The lowest BCUT2D eigenvalue weighted by molar-refractivity contribution is 0.0578. The van der Waals surface area contributed by atoms with E-state index >= 15 is 0 Å². The number of nitrogens with zero attached hydrogens (tertiary/aromatic N) is 3. The Morgan fingerprint density at radius 1 is 1.14 bits per heavy atom. The van der Waals surface area contributed by atoms with Crippen LogP contribution in [0.5, 0.6) is 0 Å². The molecule has 2 bridgehead atoms. The third kappa shape index (κ3) is 5.51. The lowest BCUT2D eigenvalue weighted by atomic mass is 9.99. The van der Waals surface area contributed by atoms with Crippen molar-refractivity contribution in [2.75, 3.05) is 19.7 Å². The molecule has 166 valence electrons. The zero-order valence-corrected chi connectivity index (χ0v) is 18.5. The molecule has 4 rings (SSSR count). The summed E-state index contributed by atoms with van der Waals surface area (Å²) in [5.74, 6) is 1.06. The predicted molar refractivity (Wildman–Crippen MR) is 115 cm³/mol. The smallest absolute Gasteiger partial charge is 0.407 e. The highest BCUT2D eigenvalue weighted by Gasteiger charge is 2.41. The minimum Gasteiger partial charge on any atom is -0.448 e. The van der Waals surface area contributed by atoms with E-state index in [1.54, 1.807) is 0 Å². The first-order chi connectivity index (χ1) is 12.9. The van der Waals surface area contributed by atoms with Crippen LogP contribution in [0, 0.1) is 6.92 Å². The van der Waals surface area contributed by atoms with Crippen molar-refractivity contribution in [3.63, 3.8) is 0 Å². The molecular weight excluding hydrogens is 368 g/mol. The summed E-state index contributed by atoms with van der Waals surface area (Å²) < 4.78 is 10.4. The van der Waals surface area contributed by atoms with Gasteiger partial charge in [-0.1, -0.05) is 12.6 Å². The normalized spacial score (nSPS) is 25.0. The fraction of sp³-hybridized carbons (Fsp3) is 0.818. The van der Waals surface area contributed by atoms with Gasteiger partial charge in [0.15, 0.2) is 5.76 Å². The molecule has 2 unspecified atom stereocenters. The molecule has 0 aliphatic carbocycles. The van der Waals surface area contributed by atoms with E-state index in [0.29, 0.717) is 12.6 Å². The zero-order valence-electron chi connectivity index (χ0n) is 18.5. The molecule has 2 atom stereocenters. The summed E-state index contributed by atoms with van der Waals surface area (Å²) in [5.41, 5.74) is 2.77. The van der Waals surface area contributed by atoms with Crippen molar-refractivity contribution in [2.24, 2.45) is 0 Å². The van der Waals surface area contributed by atoms with Crippen LogP contribution in [0.15, 0.2) is 4.52 Å². The molecule has 0 aromatic carbocycles. The Bertz CT molecular complexity index is 702. The zero-order chi connectivity index (χ0) is 20.7. The molecule has 7 nitrogen and oxygen atoms in total. The van der Waals surface area contributed by atoms with Crippen LogP contribution < -0.4 is 5.32 Å². The number of aromatic nitrogens is 1. The van der Waals surface area contributed by atoms with E-state index in [1.807, 2.05) is 6.92 Å². The Kier molecular flexibility index (Phi) is 7.05. The van der Waals surface area contributed by atoms with Gasteiger partial charge in [0.05, 0.1) is 12.2 Å². The summed E-state index contributed by atoms with van der Waals surface area (Å²) in [5, 5.41) is 6.88. The van der Waals surface area contributed by atoms with Crippen LogP contribution in [-0.4, -0.2) is 63.9 Å². The third-order valence-electron chi connectivity index (χ3n) is 5.99. The Labute approximate surface area is 176 Å². The average Bonchev–Trinajstić information content (AvgIpc) is 3.10. The number of amides is 1. The van der Waals surface area contributed by atoms with Gasteiger partial charge >= 0.3 is 6.09 Å². The molecule has 2 fully saturated rings. The SMILES string of the molecule is C.CC(C)(C)N1CC2CC1COC(=O)N2.Cc1noc2c1CCN(C(C)(C)C)C2. The number of ether oxygens (including phenoxy) is 1. The van der Waals surface area contributed by atoms with E-state index in [1.165, 1.54) is 5.56 Å². The molecule has 1 amide bonds. The maximum Gasteiger partial charge on any atom is 0.407 e. The second-order valence-electron chi connectivity index (χ2n) is 10.2. The van der Waals surface area contributed by atoms with Gasteiger partial charge in [-0.05, 0) is 61.3 Å². The first-order valence-electron chi connectivity index (χ1n) is 10.3. The monoisotopic (exact) mass is 408 g/mol. The highest BCUT2D eigenvalue weighted by molar-refractivity contribution is 5.68. The van der Waals surface area contributed by atoms with E-state index in [0.717, 1.165) is 43.9 Å². The second kappa shape index (κ2) is 8.64. The number of fused-ring (bicyclic) bond motifs is 3. The minimum atomic E-state index is -0.258. The quantitative estimate of drug-likeness (QED) is 0.705. The number of carbonyl (C=O) groups excluding carboxylic acids is 1. The minimum absolute atomic E-state index is 0. The first-order valence-corrected chi connectivity index (χ1v) is 10.3. The summed E-state index contributed by atoms with van der Waals surface area (Å²) in [6.45, 7) is 18.8. The number of aryl methyl sites for hydroxylation is 1. The molecule has 1 N–H and O–H groups in total. The number of likely N-dealkylation sites (tertiary alicyclic amines) is 1. The van der Waals surface area contributed by atoms with Gasteiger partial charge in [0.1, 0.15) is 6.61 Å². The van der Waals surface area contributed by atoms with Crippen molar-refractivity contribution in [3.05, 3.63) is 17.0 Å². The number of hydrogen-bond acceptors (Lipinski definition) is 6. The fourth-order valence-corrected chi connectivity index (χ4v) is 4.33. The number of nitrogens with one attached hydrogen (secondary N) is 1. The number of carbonyl (C=O) groups is 1. The van der Waals surface area contributed by atoms with Crippen molar-refractivity contribution < 1.29 is 14.1 Å². The molecule has 3 aliphatic rings. The van der Waals surface area contributed by atoms with Gasteiger partial charge in [-0.3, -0.25) is 9.80 Å². The van der Waals surface area contributed by atoms with E-state index in [9.17, 15) is 4.79 Å². The molecule has 1 aromatic heterocycles. The Morgan fingerprint density at radius 3 is 2.45 bits per heavy atom. The molecule has 0 radical (unpaired) electrons. The van der Waals surface area contributed by atoms with Crippen molar-refractivity contribution >= 4 is 6.09 Å². The summed E-state index contributed by atoms with van der Waals surface area (Å²) in [7, 11) is 0. The first kappa shape index (κ1) is 23.7. The van der Waals surface area contributed by atoms with E-state index in [2.05, 4.69) is 61.8 Å². The molecule has 1 aromatic rings. The number of hydrogen-bond donors (Lipinski definition) is 1. The van der Waals surface area contributed by atoms with E-state index in [-0.39, 0.29) is 30.6 Å². The Morgan fingerprint density at radius 2 is 1.83 bits per heavy atom. The van der Waals surface area contributed by atoms with Crippen molar-refractivity contribution in [2.45, 2.75) is 98.4 Å². The topological polar surface area (TPSA) is 70.8 Å². The molecule has 7 heteroatoms. The van der Waals surface area contributed by atoms with Gasteiger partial charge in [-0.2, -0.15) is 0 Å². The summed E-state index contributed by atoms with van der Waals surface area (Å²) >= 11 is 0. The fourth-order valence-electron chi connectivity index (χ4n) is 4.33. The molecule has 4 heterocycles. The Balaban J connectivity index is 0.000000200. The van der Waals surface area contributed by atoms with Gasteiger partial charge in [0.25, 0.3) is 0 Å². The molecule has 0 spiro atoms. The maximum absolute atomic E-state index is 11.1. The summed E-state index contributed by atoms with van der Waals surface area (Å²) in [4.78, 5) is 15.9. The predicted octanol–water partition coefficient (Wildman–Crippen LogP) is 3.74. The van der Waals surface area contributed by atoms with Crippen molar-refractivity contribution in [1.29, 1.82) is 0 Å². The van der Waals surface area contributed by atoms with Crippen molar-refractivity contribution in [3.8, 4) is 0 Å². The standard InChI is InChI=1S/C11H18N2O.C10H18N2O2.CH4/c1-8-9-5-6-13(11(2,3)4)7-10(9)14-12-8;1-10(2,3)12-5-7-4-8(12)6-14-9(13)11-7;/h5-7H2,1-4H3;7-8H,4-6H2,1-3H3,(H,11,13);1H4. The summed E-state index contributed by atoms with van der Waals surface area (Å²) in [6.07, 6.45) is 1.83. The summed E-state index contributed by atoms with van der Waals surface area (Å²) in [6, 6.07) is 0.660. The van der Waals surface area contributed by atoms with Crippen LogP contribution in [0.1, 0.15) is 72.4 Å². The lowest BCUT2D eigenvalue weighted by Crippen LogP contribution is -2.49. The maximum atomic E-state index is 11.1. The van der Waals surface area contributed by atoms with Gasteiger partial charge in [-0.25, -0.2) is 4.79 Å². The molecular formula is C22H40N4O3. The number of cyclic esters (lactones) is 1. The average molecular weight is 409 g/mol. The number of rotatable bonds is 0. The highest BCUT2D eigenvalue weighted by Crippen LogP contribution is 2.28. The van der Waals surface area contributed by atoms with Crippen molar-refractivity contribution in [1.82, 2.24) is 20.3 Å². The van der Waals surface area contributed by atoms with Crippen LogP contribution in [0.3, 0.4) is 0 Å². The van der Waals surface area contributed by atoms with Gasteiger partial charge in [0.2, 0.25) is 0 Å². The van der Waals surface area contributed by atoms with Gasteiger partial charge in [0, 0.05) is 41.8 Å². The lowest BCUT2D eigenvalue weighted by Gasteiger charge is -2.37. The third-order valence-corrected chi connectivity index (χ3v) is 5.99. The van der Waals surface area contributed by atoms with Crippen LogP contribution >= 0.6 is 0 Å². The number of alkyl carbamates (subject to hydrolysis) is 1. The molecule has 29 heavy (non-hydrogen) atoms. The van der Waals surface area contributed by atoms with Crippen LogP contribution in [0.4, 0.5) is 4.79 Å². The molecule has 3 aliphatic heterocycles. The van der Waals surface area contributed by atoms with E-state index in [4.69, 9.17) is 9.26 Å². The highest BCUT2D eigenvalue weighted by atomic mass is 16.5. The van der Waals surface area contributed by atoms with Gasteiger partial charge in [-0.15, -0.1) is 0 Å².